The Labute approximate surface area is 138 Å². The Bertz CT molecular complexity index is 635. The summed E-state index contributed by atoms with van der Waals surface area (Å²) in [7, 11) is 0. The van der Waals surface area contributed by atoms with E-state index in [1.165, 1.54) is 11.6 Å². The van der Waals surface area contributed by atoms with Crippen molar-refractivity contribution in [2.45, 2.75) is 47.5 Å². The predicted octanol–water partition coefficient (Wildman–Crippen LogP) is 4.56. The molecule has 0 saturated carbocycles. The van der Waals surface area contributed by atoms with Gasteiger partial charge in [0.1, 0.15) is 23.7 Å². The number of aromatic hydroxyl groups is 2. The second-order valence-corrected chi connectivity index (χ2v) is 6.03. The molecule has 4 heteroatoms. The van der Waals surface area contributed by atoms with Gasteiger partial charge < -0.3 is 14.9 Å². The number of phenols is 2. The van der Waals surface area contributed by atoms with Crippen LogP contribution in [0, 0.1) is 13.8 Å². The van der Waals surface area contributed by atoms with Crippen molar-refractivity contribution in [3.8, 4) is 11.5 Å². The van der Waals surface area contributed by atoms with Gasteiger partial charge in [-0.15, -0.1) is 0 Å². The minimum atomic E-state index is -0.587. The number of carbonyl (C=O) groups is 1. The average Bonchev–Trinajstić information content (AvgIpc) is 2.44. The minimum Gasteiger partial charge on any atom is -0.508 e. The van der Waals surface area contributed by atoms with Crippen LogP contribution in [0.25, 0.3) is 0 Å². The molecule has 23 heavy (non-hydrogen) atoms. The highest BCUT2D eigenvalue weighted by Gasteiger charge is 2.19. The zero-order valence-electron chi connectivity index (χ0n) is 14.6. The SMILES string of the molecule is CC(C)=CCCC(C)=CCOC(=O)c1c(C)cc(O)c(C)c1O. The molecule has 0 heterocycles. The maximum Gasteiger partial charge on any atom is 0.342 e. The van der Waals surface area contributed by atoms with Crippen molar-refractivity contribution in [2.24, 2.45) is 0 Å². The normalized spacial score (nSPS) is 11.3. The highest BCUT2D eigenvalue weighted by molar-refractivity contribution is 5.95. The summed E-state index contributed by atoms with van der Waals surface area (Å²) in [5.74, 6) is -0.847. The van der Waals surface area contributed by atoms with E-state index in [2.05, 4.69) is 19.9 Å². The maximum absolute atomic E-state index is 12.1. The zero-order chi connectivity index (χ0) is 17.6. The molecule has 126 valence electrons. The van der Waals surface area contributed by atoms with Gasteiger partial charge in [-0.2, -0.15) is 0 Å². The molecule has 0 atom stereocenters. The first-order valence-corrected chi connectivity index (χ1v) is 7.72. The van der Waals surface area contributed by atoms with E-state index in [1.54, 1.807) is 13.8 Å². The lowest BCUT2D eigenvalue weighted by Crippen LogP contribution is -2.08. The predicted molar refractivity (Wildman–Crippen MR) is 92.0 cm³/mol. The first kappa shape index (κ1) is 18.8. The summed E-state index contributed by atoms with van der Waals surface area (Å²) in [6, 6.07) is 1.45. The van der Waals surface area contributed by atoms with Crippen LogP contribution in [0.4, 0.5) is 0 Å². The van der Waals surface area contributed by atoms with Crippen LogP contribution >= 0.6 is 0 Å². The summed E-state index contributed by atoms with van der Waals surface area (Å²) in [5.41, 5.74) is 3.31. The second-order valence-electron chi connectivity index (χ2n) is 6.03. The molecule has 1 aromatic carbocycles. The first-order chi connectivity index (χ1) is 10.7. The first-order valence-electron chi connectivity index (χ1n) is 7.72. The van der Waals surface area contributed by atoms with Crippen molar-refractivity contribution in [2.75, 3.05) is 6.61 Å². The molecular formula is C19H26O4. The highest BCUT2D eigenvalue weighted by Crippen LogP contribution is 2.32. The fraction of sp³-hybridized carbons (Fsp3) is 0.421. The van der Waals surface area contributed by atoms with Crippen LogP contribution in [0.1, 0.15) is 55.1 Å². The summed E-state index contributed by atoms with van der Waals surface area (Å²) in [6.45, 7) is 9.49. The maximum atomic E-state index is 12.1. The molecular weight excluding hydrogens is 292 g/mol. The van der Waals surface area contributed by atoms with Crippen molar-refractivity contribution >= 4 is 5.97 Å². The monoisotopic (exact) mass is 318 g/mol. The molecule has 0 radical (unpaired) electrons. The molecule has 0 amide bonds. The summed E-state index contributed by atoms with van der Waals surface area (Å²) >= 11 is 0. The smallest absolute Gasteiger partial charge is 0.342 e. The van der Waals surface area contributed by atoms with Gasteiger partial charge in [-0.05, 0) is 65.2 Å². The van der Waals surface area contributed by atoms with E-state index in [0.29, 0.717) is 5.56 Å². The molecule has 2 N–H and O–H groups in total. The highest BCUT2D eigenvalue weighted by atomic mass is 16.5. The zero-order valence-corrected chi connectivity index (χ0v) is 14.6. The molecule has 0 saturated heterocycles. The van der Waals surface area contributed by atoms with E-state index < -0.39 is 5.97 Å². The van der Waals surface area contributed by atoms with E-state index in [1.807, 2.05) is 13.0 Å². The number of aryl methyl sites for hydroxylation is 1. The number of rotatable bonds is 6. The third kappa shape index (κ3) is 5.47. The summed E-state index contributed by atoms with van der Waals surface area (Å²) in [5, 5.41) is 19.7. The van der Waals surface area contributed by atoms with Crippen LogP contribution in [0.5, 0.6) is 11.5 Å². The van der Waals surface area contributed by atoms with E-state index >= 15 is 0 Å². The molecule has 0 aliphatic heterocycles. The molecule has 0 fully saturated rings. The van der Waals surface area contributed by atoms with Gasteiger partial charge in [0.25, 0.3) is 0 Å². The lowest BCUT2D eigenvalue weighted by Gasteiger charge is -2.11. The second kappa shape index (κ2) is 8.42. The number of ether oxygens (including phenoxy) is 1. The van der Waals surface area contributed by atoms with Gasteiger partial charge in [-0.1, -0.05) is 17.2 Å². The number of allylic oxidation sites excluding steroid dienone is 3. The lowest BCUT2D eigenvalue weighted by molar-refractivity contribution is 0.0544. The van der Waals surface area contributed by atoms with Crippen LogP contribution in [0.2, 0.25) is 0 Å². The Morgan fingerprint density at radius 2 is 1.83 bits per heavy atom. The van der Waals surface area contributed by atoms with Crippen molar-refractivity contribution < 1.29 is 19.7 Å². The number of hydrogen-bond donors (Lipinski definition) is 2. The molecule has 1 aromatic rings. The fourth-order valence-electron chi connectivity index (χ4n) is 2.16. The summed E-state index contributed by atoms with van der Waals surface area (Å²) < 4.78 is 5.21. The Balaban J connectivity index is 2.68. The third-order valence-corrected chi connectivity index (χ3v) is 3.67. The van der Waals surface area contributed by atoms with Crippen LogP contribution in [-0.2, 0) is 4.74 Å². The van der Waals surface area contributed by atoms with E-state index in [4.69, 9.17) is 4.74 Å². The number of carbonyl (C=O) groups excluding carboxylic acids is 1. The molecule has 1 rings (SSSR count). The Morgan fingerprint density at radius 3 is 2.43 bits per heavy atom. The quantitative estimate of drug-likeness (QED) is 0.596. The van der Waals surface area contributed by atoms with Gasteiger partial charge >= 0.3 is 5.97 Å². The molecule has 0 spiro atoms. The van der Waals surface area contributed by atoms with Crippen LogP contribution in [-0.4, -0.2) is 22.8 Å². The third-order valence-electron chi connectivity index (χ3n) is 3.67. The van der Waals surface area contributed by atoms with Gasteiger partial charge in [0.2, 0.25) is 0 Å². The standard InChI is InChI=1S/C19H26O4/c1-12(2)7-6-8-13(3)9-10-23-19(22)17-14(4)11-16(20)15(5)18(17)21/h7,9,11,20-21H,6,8,10H2,1-5H3. The van der Waals surface area contributed by atoms with Crippen molar-refractivity contribution in [1.29, 1.82) is 0 Å². The van der Waals surface area contributed by atoms with E-state index in [0.717, 1.165) is 18.4 Å². The van der Waals surface area contributed by atoms with Gasteiger partial charge in [-0.25, -0.2) is 4.79 Å². The largest absolute Gasteiger partial charge is 0.508 e. The van der Waals surface area contributed by atoms with E-state index in [-0.39, 0.29) is 29.2 Å². The number of esters is 1. The van der Waals surface area contributed by atoms with Crippen LogP contribution < -0.4 is 0 Å². The Morgan fingerprint density at radius 1 is 1.17 bits per heavy atom. The van der Waals surface area contributed by atoms with Gasteiger partial charge in [0.05, 0.1) is 0 Å². The fourth-order valence-corrected chi connectivity index (χ4v) is 2.16. The number of hydrogen-bond acceptors (Lipinski definition) is 4. The lowest BCUT2D eigenvalue weighted by atomic mass is 10.0. The van der Waals surface area contributed by atoms with Gasteiger partial charge in [0, 0.05) is 5.56 Å². The van der Waals surface area contributed by atoms with Crippen molar-refractivity contribution in [3.63, 3.8) is 0 Å². The van der Waals surface area contributed by atoms with Gasteiger partial charge in [-0.3, -0.25) is 0 Å². The topological polar surface area (TPSA) is 66.8 Å². The molecule has 0 unspecified atom stereocenters. The Hall–Kier alpha value is -2.23. The molecule has 0 aliphatic carbocycles. The van der Waals surface area contributed by atoms with Gasteiger partial charge in [0.15, 0.2) is 0 Å². The molecule has 0 aliphatic rings. The Kier molecular flexibility index (Phi) is 6.89. The summed E-state index contributed by atoms with van der Waals surface area (Å²) in [4.78, 5) is 12.1. The number of benzene rings is 1. The van der Waals surface area contributed by atoms with Crippen LogP contribution in [0.15, 0.2) is 29.4 Å². The summed E-state index contributed by atoms with van der Waals surface area (Å²) in [6.07, 6.45) is 5.93. The molecule has 4 nitrogen and oxygen atoms in total. The van der Waals surface area contributed by atoms with E-state index in [9.17, 15) is 15.0 Å². The average molecular weight is 318 g/mol. The van der Waals surface area contributed by atoms with Crippen molar-refractivity contribution in [3.05, 3.63) is 46.1 Å². The van der Waals surface area contributed by atoms with Crippen LogP contribution in [0.3, 0.4) is 0 Å². The van der Waals surface area contributed by atoms with Crippen molar-refractivity contribution in [1.82, 2.24) is 0 Å². The molecule has 0 bridgehead atoms. The molecule has 0 aromatic heterocycles. The minimum absolute atomic E-state index is 0.0356. The number of phenolic OH excluding ortho intramolecular Hbond substituents is 2.